The molecule has 0 unspecified atom stereocenters. The molecular formula is C11H18ClN5OS. The van der Waals surface area contributed by atoms with E-state index in [0.717, 1.165) is 22.4 Å². The van der Waals surface area contributed by atoms with E-state index in [1.54, 1.807) is 11.8 Å². The predicted octanol–water partition coefficient (Wildman–Crippen LogP) is 2.10. The summed E-state index contributed by atoms with van der Waals surface area (Å²) in [6.45, 7) is 4.57. The fourth-order valence-electron chi connectivity index (χ4n) is 1.45. The van der Waals surface area contributed by atoms with Gasteiger partial charge in [0.2, 0.25) is 0 Å². The highest BCUT2D eigenvalue weighted by Gasteiger charge is 2.11. The third-order valence-electron chi connectivity index (χ3n) is 2.62. The molecule has 0 fully saturated rings. The SMILES string of the molecule is CC(C)c1cc(CSc2nnc(CN)n2C)on1.Cl. The van der Waals surface area contributed by atoms with Crippen LogP contribution in [-0.2, 0) is 19.3 Å². The topological polar surface area (TPSA) is 82.8 Å². The minimum Gasteiger partial charge on any atom is -0.360 e. The van der Waals surface area contributed by atoms with E-state index in [2.05, 4.69) is 29.2 Å². The second-order valence-electron chi connectivity index (χ2n) is 4.32. The Balaban J connectivity index is 0.00000180. The number of halogens is 1. The average Bonchev–Trinajstić information content (AvgIpc) is 2.93. The first-order valence-corrected chi connectivity index (χ1v) is 6.77. The highest BCUT2D eigenvalue weighted by molar-refractivity contribution is 7.98. The maximum atomic E-state index is 5.55. The van der Waals surface area contributed by atoms with Crippen molar-refractivity contribution < 1.29 is 4.52 Å². The van der Waals surface area contributed by atoms with Crippen LogP contribution in [-0.4, -0.2) is 19.9 Å². The lowest BCUT2D eigenvalue weighted by atomic mass is 10.1. The molecule has 8 heteroatoms. The lowest BCUT2D eigenvalue weighted by molar-refractivity contribution is 0.385. The third-order valence-corrected chi connectivity index (χ3v) is 3.66. The minimum atomic E-state index is 0. The van der Waals surface area contributed by atoms with Gasteiger partial charge in [0, 0.05) is 13.1 Å². The van der Waals surface area contributed by atoms with Gasteiger partial charge in [0.1, 0.15) is 11.6 Å². The zero-order chi connectivity index (χ0) is 13.1. The normalized spacial score (nSPS) is 10.8. The molecule has 2 aromatic heterocycles. The Hall–Kier alpha value is -1.05. The smallest absolute Gasteiger partial charge is 0.191 e. The van der Waals surface area contributed by atoms with E-state index >= 15 is 0 Å². The molecule has 106 valence electrons. The van der Waals surface area contributed by atoms with Crippen molar-refractivity contribution in [3.8, 4) is 0 Å². The number of aromatic nitrogens is 4. The lowest BCUT2D eigenvalue weighted by Gasteiger charge is -2.00. The van der Waals surface area contributed by atoms with Gasteiger partial charge in [0.15, 0.2) is 5.16 Å². The van der Waals surface area contributed by atoms with Gasteiger partial charge < -0.3 is 14.8 Å². The van der Waals surface area contributed by atoms with Crippen molar-refractivity contribution in [2.45, 2.75) is 37.2 Å². The number of nitrogens with zero attached hydrogens (tertiary/aromatic N) is 4. The first-order chi connectivity index (χ1) is 8.61. The molecule has 0 aromatic carbocycles. The highest BCUT2D eigenvalue weighted by Crippen LogP contribution is 2.23. The van der Waals surface area contributed by atoms with E-state index < -0.39 is 0 Å². The molecule has 2 N–H and O–H groups in total. The molecule has 0 amide bonds. The van der Waals surface area contributed by atoms with E-state index in [-0.39, 0.29) is 12.4 Å². The van der Waals surface area contributed by atoms with E-state index in [0.29, 0.717) is 18.2 Å². The molecule has 2 aromatic rings. The second-order valence-corrected chi connectivity index (χ2v) is 5.27. The zero-order valence-electron chi connectivity index (χ0n) is 11.2. The van der Waals surface area contributed by atoms with Crippen molar-refractivity contribution in [2.24, 2.45) is 12.8 Å². The number of thioether (sulfide) groups is 1. The molecule has 0 spiro atoms. The van der Waals surface area contributed by atoms with Crippen LogP contribution in [0.5, 0.6) is 0 Å². The summed E-state index contributed by atoms with van der Waals surface area (Å²) in [5.74, 6) is 2.70. The number of hydrogen-bond donors (Lipinski definition) is 1. The number of hydrogen-bond acceptors (Lipinski definition) is 6. The fourth-order valence-corrected chi connectivity index (χ4v) is 2.26. The maximum Gasteiger partial charge on any atom is 0.191 e. The molecule has 0 aliphatic heterocycles. The van der Waals surface area contributed by atoms with Crippen molar-refractivity contribution in [1.82, 2.24) is 19.9 Å². The Labute approximate surface area is 122 Å². The average molecular weight is 304 g/mol. The summed E-state index contributed by atoms with van der Waals surface area (Å²) in [4.78, 5) is 0. The molecule has 0 atom stereocenters. The minimum absolute atomic E-state index is 0. The van der Waals surface area contributed by atoms with E-state index in [4.69, 9.17) is 10.3 Å². The summed E-state index contributed by atoms with van der Waals surface area (Å²) < 4.78 is 7.16. The van der Waals surface area contributed by atoms with E-state index in [1.807, 2.05) is 17.7 Å². The standard InChI is InChI=1S/C11H17N5OS.ClH/c1-7(2)9-4-8(17-15-9)6-18-11-14-13-10(5-12)16(11)3;/h4,7H,5-6,12H2,1-3H3;1H. The van der Waals surface area contributed by atoms with Gasteiger partial charge in [-0.2, -0.15) is 0 Å². The Morgan fingerprint density at radius 3 is 2.68 bits per heavy atom. The summed E-state index contributed by atoms with van der Waals surface area (Å²) in [6, 6.07) is 1.98. The van der Waals surface area contributed by atoms with Crippen molar-refractivity contribution in [1.29, 1.82) is 0 Å². The van der Waals surface area contributed by atoms with Crippen molar-refractivity contribution in [2.75, 3.05) is 0 Å². The van der Waals surface area contributed by atoms with Crippen LogP contribution in [0.1, 0.15) is 37.0 Å². The van der Waals surface area contributed by atoms with Gasteiger partial charge in [-0.3, -0.25) is 0 Å². The summed E-state index contributed by atoms with van der Waals surface area (Å²) in [5.41, 5.74) is 6.52. The molecule has 6 nitrogen and oxygen atoms in total. The molecule has 2 heterocycles. The molecule has 0 aliphatic carbocycles. The van der Waals surface area contributed by atoms with Crippen LogP contribution in [0.2, 0.25) is 0 Å². The molecule has 2 rings (SSSR count). The molecule has 0 saturated carbocycles. The van der Waals surface area contributed by atoms with Crippen LogP contribution >= 0.6 is 24.2 Å². The first kappa shape index (κ1) is 16.0. The largest absolute Gasteiger partial charge is 0.360 e. The highest BCUT2D eigenvalue weighted by atomic mass is 35.5. The molecule has 0 saturated heterocycles. The van der Waals surface area contributed by atoms with Crippen LogP contribution in [0.25, 0.3) is 0 Å². The molecule has 0 bridgehead atoms. The summed E-state index contributed by atoms with van der Waals surface area (Å²) in [7, 11) is 1.91. The molecule has 0 aliphatic rings. The van der Waals surface area contributed by atoms with Gasteiger partial charge in [-0.1, -0.05) is 30.8 Å². The monoisotopic (exact) mass is 303 g/mol. The Bertz CT molecular complexity index is 525. The summed E-state index contributed by atoms with van der Waals surface area (Å²) in [5, 5.41) is 12.9. The number of nitrogens with two attached hydrogens (primary N) is 1. The third kappa shape index (κ3) is 3.71. The number of rotatable bonds is 5. The summed E-state index contributed by atoms with van der Waals surface area (Å²) >= 11 is 1.56. The second kappa shape index (κ2) is 6.93. The van der Waals surface area contributed by atoms with Gasteiger partial charge in [-0.25, -0.2) is 0 Å². The quantitative estimate of drug-likeness (QED) is 0.852. The Morgan fingerprint density at radius 2 is 2.16 bits per heavy atom. The molecular weight excluding hydrogens is 286 g/mol. The van der Waals surface area contributed by atoms with Crippen molar-refractivity contribution in [3.05, 3.63) is 23.3 Å². The Morgan fingerprint density at radius 1 is 1.42 bits per heavy atom. The molecule has 0 radical (unpaired) electrons. The van der Waals surface area contributed by atoms with Gasteiger partial charge in [-0.15, -0.1) is 22.6 Å². The predicted molar refractivity (Wildman–Crippen MR) is 76.3 cm³/mol. The van der Waals surface area contributed by atoms with Crippen LogP contribution < -0.4 is 5.73 Å². The summed E-state index contributed by atoms with van der Waals surface area (Å²) in [6.07, 6.45) is 0. The van der Waals surface area contributed by atoms with E-state index in [9.17, 15) is 0 Å². The van der Waals surface area contributed by atoms with Gasteiger partial charge in [0.05, 0.1) is 18.0 Å². The van der Waals surface area contributed by atoms with Crippen LogP contribution in [0.4, 0.5) is 0 Å². The maximum absolute atomic E-state index is 5.55. The van der Waals surface area contributed by atoms with Crippen molar-refractivity contribution in [3.63, 3.8) is 0 Å². The first-order valence-electron chi connectivity index (χ1n) is 5.78. The van der Waals surface area contributed by atoms with Crippen LogP contribution in [0, 0.1) is 0 Å². The van der Waals surface area contributed by atoms with Gasteiger partial charge in [-0.05, 0) is 5.92 Å². The molecule has 19 heavy (non-hydrogen) atoms. The van der Waals surface area contributed by atoms with Crippen molar-refractivity contribution >= 4 is 24.2 Å². The van der Waals surface area contributed by atoms with Gasteiger partial charge >= 0.3 is 0 Å². The van der Waals surface area contributed by atoms with E-state index in [1.165, 1.54) is 0 Å². The zero-order valence-corrected chi connectivity index (χ0v) is 12.8. The van der Waals surface area contributed by atoms with Crippen LogP contribution in [0.15, 0.2) is 15.7 Å². The van der Waals surface area contributed by atoms with Crippen LogP contribution in [0.3, 0.4) is 0 Å². The lowest BCUT2D eigenvalue weighted by Crippen LogP contribution is -2.05. The van der Waals surface area contributed by atoms with Gasteiger partial charge in [0.25, 0.3) is 0 Å². The fraction of sp³-hybridized carbons (Fsp3) is 0.545. The Kier molecular flexibility index (Phi) is 5.84.